The highest BCUT2D eigenvalue weighted by molar-refractivity contribution is 5.04. The van der Waals surface area contributed by atoms with E-state index in [9.17, 15) is 0 Å². The van der Waals surface area contributed by atoms with E-state index in [2.05, 4.69) is 17.4 Å². The predicted octanol–water partition coefficient (Wildman–Crippen LogP) is 1.73. The highest BCUT2D eigenvalue weighted by Crippen LogP contribution is 2.15. The molecule has 18 heavy (non-hydrogen) atoms. The average Bonchev–Trinajstić information content (AvgIpc) is 2.85. The van der Waals surface area contributed by atoms with Gasteiger partial charge in [0.15, 0.2) is 5.76 Å². The first-order valence-electron chi connectivity index (χ1n) is 6.69. The van der Waals surface area contributed by atoms with E-state index in [1.165, 1.54) is 0 Å². The standard InChI is InChI=1S/C13H22N2O3/c1-2-14-8-12-7-13(18-15-12)10-17-9-11-3-5-16-6-4-11/h7,11,14H,2-6,8-10H2,1H3. The van der Waals surface area contributed by atoms with Crippen LogP contribution in [0.3, 0.4) is 0 Å². The van der Waals surface area contributed by atoms with Crippen LogP contribution < -0.4 is 5.32 Å². The Balaban J connectivity index is 1.64. The molecule has 0 atom stereocenters. The Kier molecular flexibility index (Phi) is 5.64. The molecule has 0 bridgehead atoms. The van der Waals surface area contributed by atoms with Gasteiger partial charge in [-0.3, -0.25) is 0 Å². The molecule has 1 fully saturated rings. The number of hydrogen-bond donors (Lipinski definition) is 1. The van der Waals surface area contributed by atoms with Gasteiger partial charge in [-0.2, -0.15) is 0 Å². The molecule has 0 aromatic carbocycles. The summed E-state index contributed by atoms with van der Waals surface area (Å²) in [5, 5.41) is 7.19. The Morgan fingerprint density at radius 1 is 1.44 bits per heavy atom. The minimum atomic E-state index is 0.510. The fourth-order valence-corrected chi connectivity index (χ4v) is 2.00. The molecule has 0 aliphatic carbocycles. The van der Waals surface area contributed by atoms with Crippen LogP contribution in [0.4, 0.5) is 0 Å². The predicted molar refractivity (Wildman–Crippen MR) is 67.1 cm³/mol. The van der Waals surface area contributed by atoms with Crippen molar-refractivity contribution in [1.82, 2.24) is 10.5 Å². The van der Waals surface area contributed by atoms with Crippen molar-refractivity contribution in [2.75, 3.05) is 26.4 Å². The number of nitrogens with zero attached hydrogens (tertiary/aromatic N) is 1. The zero-order valence-electron chi connectivity index (χ0n) is 11.0. The van der Waals surface area contributed by atoms with E-state index in [1.807, 2.05) is 6.07 Å². The lowest BCUT2D eigenvalue weighted by atomic mass is 10.0. The van der Waals surface area contributed by atoms with Crippen molar-refractivity contribution in [3.8, 4) is 0 Å². The van der Waals surface area contributed by atoms with Gasteiger partial charge in [0.2, 0.25) is 0 Å². The van der Waals surface area contributed by atoms with E-state index in [4.69, 9.17) is 14.0 Å². The molecule has 5 nitrogen and oxygen atoms in total. The van der Waals surface area contributed by atoms with Crippen molar-refractivity contribution in [3.63, 3.8) is 0 Å². The van der Waals surface area contributed by atoms with Gasteiger partial charge in [-0.1, -0.05) is 12.1 Å². The molecule has 0 amide bonds. The molecule has 1 aromatic rings. The van der Waals surface area contributed by atoms with E-state index in [1.54, 1.807) is 0 Å². The molecule has 0 radical (unpaired) electrons. The maximum atomic E-state index is 5.67. The Hall–Kier alpha value is -0.910. The molecular formula is C13H22N2O3. The van der Waals surface area contributed by atoms with Crippen molar-refractivity contribution in [2.45, 2.75) is 32.9 Å². The zero-order valence-corrected chi connectivity index (χ0v) is 11.0. The quantitative estimate of drug-likeness (QED) is 0.803. The maximum Gasteiger partial charge on any atom is 0.162 e. The molecule has 5 heteroatoms. The summed E-state index contributed by atoms with van der Waals surface area (Å²) in [7, 11) is 0. The third-order valence-electron chi connectivity index (χ3n) is 3.10. The SMILES string of the molecule is CCNCc1cc(COCC2CCOCC2)on1. The molecular weight excluding hydrogens is 232 g/mol. The van der Waals surface area contributed by atoms with Crippen molar-refractivity contribution < 1.29 is 14.0 Å². The van der Waals surface area contributed by atoms with Crippen LogP contribution in [-0.4, -0.2) is 31.5 Å². The van der Waals surface area contributed by atoms with Crippen molar-refractivity contribution >= 4 is 0 Å². The van der Waals surface area contributed by atoms with Crippen LogP contribution in [0.25, 0.3) is 0 Å². The van der Waals surface area contributed by atoms with E-state index >= 15 is 0 Å². The monoisotopic (exact) mass is 254 g/mol. The number of ether oxygens (including phenoxy) is 2. The summed E-state index contributed by atoms with van der Waals surface area (Å²) < 4.78 is 16.2. The Morgan fingerprint density at radius 2 is 2.28 bits per heavy atom. The van der Waals surface area contributed by atoms with Gasteiger partial charge < -0.3 is 19.3 Å². The topological polar surface area (TPSA) is 56.5 Å². The van der Waals surface area contributed by atoms with E-state index in [0.717, 1.165) is 57.2 Å². The fraction of sp³-hybridized carbons (Fsp3) is 0.769. The van der Waals surface area contributed by atoms with Crippen molar-refractivity contribution in [1.29, 1.82) is 0 Å². The van der Waals surface area contributed by atoms with Crippen LogP contribution >= 0.6 is 0 Å². The fourth-order valence-electron chi connectivity index (χ4n) is 2.00. The lowest BCUT2D eigenvalue weighted by Gasteiger charge is -2.21. The maximum absolute atomic E-state index is 5.67. The summed E-state index contributed by atoms with van der Waals surface area (Å²) >= 11 is 0. The lowest BCUT2D eigenvalue weighted by Crippen LogP contribution is -2.20. The van der Waals surface area contributed by atoms with Crippen LogP contribution in [0.15, 0.2) is 10.6 Å². The molecule has 0 spiro atoms. The minimum Gasteiger partial charge on any atom is -0.381 e. The first-order chi connectivity index (χ1) is 8.88. The van der Waals surface area contributed by atoms with Crippen LogP contribution in [0, 0.1) is 5.92 Å². The highest BCUT2D eigenvalue weighted by atomic mass is 16.5. The second-order valence-corrected chi connectivity index (χ2v) is 4.64. The van der Waals surface area contributed by atoms with Crippen molar-refractivity contribution in [3.05, 3.63) is 17.5 Å². The smallest absolute Gasteiger partial charge is 0.162 e. The number of aromatic nitrogens is 1. The molecule has 1 aliphatic heterocycles. The molecule has 102 valence electrons. The van der Waals surface area contributed by atoms with Crippen LogP contribution in [0.2, 0.25) is 0 Å². The average molecular weight is 254 g/mol. The summed E-state index contributed by atoms with van der Waals surface area (Å²) in [6.45, 7) is 6.77. The van der Waals surface area contributed by atoms with Crippen LogP contribution in [0.5, 0.6) is 0 Å². The summed E-state index contributed by atoms with van der Waals surface area (Å²) in [6, 6.07) is 1.95. The lowest BCUT2D eigenvalue weighted by molar-refractivity contribution is 0.0109. The summed E-state index contributed by atoms with van der Waals surface area (Å²) in [6.07, 6.45) is 2.20. The Morgan fingerprint density at radius 3 is 3.06 bits per heavy atom. The van der Waals surface area contributed by atoms with Gasteiger partial charge in [-0.05, 0) is 25.3 Å². The van der Waals surface area contributed by atoms with Gasteiger partial charge in [0.05, 0.1) is 12.3 Å². The van der Waals surface area contributed by atoms with E-state index in [-0.39, 0.29) is 0 Å². The molecule has 1 aliphatic rings. The zero-order chi connectivity index (χ0) is 12.6. The number of nitrogens with one attached hydrogen (secondary N) is 1. The second kappa shape index (κ2) is 7.51. The van der Waals surface area contributed by atoms with Gasteiger partial charge in [-0.15, -0.1) is 0 Å². The summed E-state index contributed by atoms with van der Waals surface area (Å²) in [5.74, 6) is 1.43. The molecule has 1 saturated heterocycles. The summed E-state index contributed by atoms with van der Waals surface area (Å²) in [5.41, 5.74) is 0.932. The van der Waals surface area contributed by atoms with Gasteiger partial charge in [0.1, 0.15) is 6.61 Å². The number of rotatable bonds is 7. The summed E-state index contributed by atoms with van der Waals surface area (Å²) in [4.78, 5) is 0. The molecule has 2 rings (SSSR count). The second-order valence-electron chi connectivity index (χ2n) is 4.64. The first kappa shape index (κ1) is 13.5. The largest absolute Gasteiger partial charge is 0.381 e. The van der Waals surface area contributed by atoms with Crippen LogP contribution in [0.1, 0.15) is 31.2 Å². The minimum absolute atomic E-state index is 0.510. The highest BCUT2D eigenvalue weighted by Gasteiger charge is 2.14. The van der Waals surface area contributed by atoms with Crippen molar-refractivity contribution in [2.24, 2.45) is 5.92 Å². The Labute approximate surface area is 108 Å². The number of hydrogen-bond acceptors (Lipinski definition) is 5. The molecule has 1 N–H and O–H groups in total. The molecule has 1 aromatic heterocycles. The van der Waals surface area contributed by atoms with Gasteiger partial charge >= 0.3 is 0 Å². The molecule has 0 saturated carbocycles. The third kappa shape index (κ3) is 4.40. The van der Waals surface area contributed by atoms with E-state index < -0.39 is 0 Å². The van der Waals surface area contributed by atoms with Crippen LogP contribution in [-0.2, 0) is 22.6 Å². The third-order valence-corrected chi connectivity index (χ3v) is 3.10. The van der Waals surface area contributed by atoms with Gasteiger partial charge in [-0.25, -0.2) is 0 Å². The molecule has 0 unspecified atom stereocenters. The normalized spacial score (nSPS) is 17.2. The van der Waals surface area contributed by atoms with E-state index in [0.29, 0.717) is 12.5 Å². The van der Waals surface area contributed by atoms with Gasteiger partial charge in [0.25, 0.3) is 0 Å². The van der Waals surface area contributed by atoms with Gasteiger partial charge in [0, 0.05) is 25.8 Å². The molecule has 2 heterocycles. The Bertz CT molecular complexity index is 335. The first-order valence-corrected chi connectivity index (χ1v) is 6.69.